The summed E-state index contributed by atoms with van der Waals surface area (Å²) in [4.78, 5) is 4.38. The van der Waals surface area contributed by atoms with E-state index in [1.54, 1.807) is 6.07 Å². The molecule has 0 aliphatic carbocycles. The van der Waals surface area contributed by atoms with Crippen molar-refractivity contribution in [2.75, 3.05) is 0 Å². The lowest BCUT2D eigenvalue weighted by Crippen LogP contribution is -1.94. The van der Waals surface area contributed by atoms with E-state index in [1.807, 2.05) is 34.9 Å². The third-order valence-corrected chi connectivity index (χ3v) is 3.12. The number of halogens is 2. The molecule has 2 nitrogen and oxygen atoms in total. The molecule has 0 bridgehead atoms. The van der Waals surface area contributed by atoms with Gasteiger partial charge in [0.2, 0.25) is 0 Å². The van der Waals surface area contributed by atoms with Crippen molar-refractivity contribution in [2.45, 2.75) is 0 Å². The van der Waals surface area contributed by atoms with Crippen LogP contribution in [0.4, 0.5) is 4.39 Å². The van der Waals surface area contributed by atoms with Crippen molar-refractivity contribution < 1.29 is 4.39 Å². The summed E-state index contributed by atoms with van der Waals surface area (Å²) < 4.78 is 15.8. The molecule has 0 aliphatic rings. The van der Waals surface area contributed by atoms with Crippen LogP contribution in [0, 0.1) is 5.82 Å². The molecule has 0 aliphatic heterocycles. The molecule has 0 atom stereocenters. The zero-order chi connectivity index (χ0) is 11.8. The lowest BCUT2D eigenvalue weighted by Gasteiger charge is -2.05. The van der Waals surface area contributed by atoms with Gasteiger partial charge in [-0.3, -0.25) is 4.57 Å². The molecule has 1 aromatic heterocycles. The van der Waals surface area contributed by atoms with Crippen molar-refractivity contribution in [3.63, 3.8) is 0 Å². The zero-order valence-electron chi connectivity index (χ0n) is 8.77. The van der Waals surface area contributed by atoms with Crippen LogP contribution in [0.2, 0.25) is 0 Å². The number of hydrogen-bond acceptors (Lipinski definition) is 1. The fourth-order valence-electron chi connectivity index (χ4n) is 1.86. The Morgan fingerprint density at radius 2 is 1.88 bits per heavy atom. The highest BCUT2D eigenvalue weighted by Gasteiger charge is 2.09. The highest BCUT2D eigenvalue weighted by molar-refractivity contribution is 9.10. The summed E-state index contributed by atoms with van der Waals surface area (Å²) in [5.74, 6) is -0.257. The fraction of sp³-hybridized carbons (Fsp3) is 0. The van der Waals surface area contributed by atoms with E-state index >= 15 is 0 Å². The molecule has 3 rings (SSSR count). The molecule has 2 aromatic carbocycles. The van der Waals surface area contributed by atoms with Gasteiger partial charge in [-0.2, -0.15) is 0 Å². The van der Waals surface area contributed by atoms with Crippen LogP contribution in [0.25, 0.3) is 16.7 Å². The van der Waals surface area contributed by atoms with Crippen molar-refractivity contribution in [2.24, 2.45) is 0 Å². The molecule has 0 N–H and O–H groups in total. The average molecular weight is 291 g/mol. The summed E-state index contributed by atoms with van der Waals surface area (Å²) in [5, 5.41) is 0. The summed E-state index contributed by atoms with van der Waals surface area (Å²) in [7, 11) is 0. The molecule has 0 fully saturated rings. The van der Waals surface area contributed by atoms with Gasteiger partial charge in [-0.25, -0.2) is 9.37 Å². The normalized spacial score (nSPS) is 10.9. The molecule has 3 aromatic rings. The van der Waals surface area contributed by atoms with Gasteiger partial charge in [0.25, 0.3) is 0 Å². The quantitative estimate of drug-likeness (QED) is 0.664. The molecule has 1 heterocycles. The molecule has 0 radical (unpaired) electrons. The van der Waals surface area contributed by atoms with Crippen LogP contribution in [0.5, 0.6) is 0 Å². The first kappa shape index (κ1) is 10.5. The first-order valence-corrected chi connectivity index (χ1v) is 5.94. The van der Waals surface area contributed by atoms with Crippen LogP contribution >= 0.6 is 15.9 Å². The zero-order valence-corrected chi connectivity index (χ0v) is 10.4. The van der Waals surface area contributed by atoms with Crippen LogP contribution in [0.3, 0.4) is 0 Å². The number of fused-ring (bicyclic) bond motifs is 1. The lowest BCUT2D eigenvalue weighted by molar-refractivity contribution is 0.626. The second kappa shape index (κ2) is 3.96. The monoisotopic (exact) mass is 290 g/mol. The molecule has 17 heavy (non-hydrogen) atoms. The number of aromatic nitrogens is 2. The minimum Gasteiger partial charge on any atom is -0.287 e. The van der Waals surface area contributed by atoms with E-state index in [0.717, 1.165) is 16.7 Å². The number of rotatable bonds is 1. The Balaban J connectivity index is 2.33. The van der Waals surface area contributed by atoms with Gasteiger partial charge < -0.3 is 0 Å². The smallest absolute Gasteiger partial charge is 0.182 e. The van der Waals surface area contributed by atoms with E-state index in [2.05, 4.69) is 20.9 Å². The van der Waals surface area contributed by atoms with E-state index < -0.39 is 0 Å². The van der Waals surface area contributed by atoms with Crippen LogP contribution in [0.1, 0.15) is 0 Å². The van der Waals surface area contributed by atoms with Crippen molar-refractivity contribution >= 4 is 27.0 Å². The Labute approximate surface area is 106 Å². The summed E-state index contributed by atoms with van der Waals surface area (Å²) >= 11 is 3.40. The van der Waals surface area contributed by atoms with Gasteiger partial charge in [0.05, 0.1) is 16.7 Å². The molecule has 0 spiro atoms. The van der Waals surface area contributed by atoms with Crippen molar-refractivity contribution in [1.29, 1.82) is 0 Å². The largest absolute Gasteiger partial charge is 0.287 e. The highest BCUT2D eigenvalue weighted by Crippen LogP contribution is 2.24. The molecule has 84 valence electrons. The highest BCUT2D eigenvalue weighted by atomic mass is 79.9. The molecular weight excluding hydrogens is 283 g/mol. The summed E-state index contributed by atoms with van der Waals surface area (Å²) in [6.45, 7) is 0. The van der Waals surface area contributed by atoms with Gasteiger partial charge in [-0.1, -0.05) is 18.2 Å². The molecule has 0 amide bonds. The molecular formula is C13H8BrFN2. The Morgan fingerprint density at radius 1 is 1.06 bits per heavy atom. The van der Waals surface area contributed by atoms with Crippen LogP contribution in [0.15, 0.2) is 53.3 Å². The number of imidazole rings is 1. The Hall–Kier alpha value is -1.68. The maximum atomic E-state index is 13.2. The standard InChI is InChI=1S/C13H8BrFN2/c14-13-16-11-6-1-2-7-12(11)17(13)10-5-3-4-9(15)8-10/h1-8H. The van der Waals surface area contributed by atoms with Crippen LogP contribution < -0.4 is 0 Å². The maximum absolute atomic E-state index is 13.2. The minimum atomic E-state index is -0.257. The van der Waals surface area contributed by atoms with Gasteiger partial charge in [0.15, 0.2) is 4.73 Å². The predicted molar refractivity (Wildman–Crippen MR) is 68.7 cm³/mol. The van der Waals surface area contributed by atoms with Crippen molar-refractivity contribution in [3.8, 4) is 5.69 Å². The van der Waals surface area contributed by atoms with E-state index in [-0.39, 0.29) is 5.82 Å². The van der Waals surface area contributed by atoms with E-state index in [4.69, 9.17) is 0 Å². The fourth-order valence-corrected chi connectivity index (χ4v) is 2.44. The van der Waals surface area contributed by atoms with Gasteiger partial charge in [-0.15, -0.1) is 0 Å². The average Bonchev–Trinajstić information content (AvgIpc) is 2.64. The summed E-state index contributed by atoms with van der Waals surface area (Å²) in [5.41, 5.74) is 2.58. The van der Waals surface area contributed by atoms with Crippen molar-refractivity contribution in [3.05, 3.63) is 59.1 Å². The second-order valence-electron chi connectivity index (χ2n) is 3.68. The predicted octanol–water partition coefficient (Wildman–Crippen LogP) is 3.93. The molecule has 4 heteroatoms. The second-order valence-corrected chi connectivity index (χ2v) is 4.39. The Kier molecular flexibility index (Phi) is 2.44. The third-order valence-electron chi connectivity index (χ3n) is 2.59. The molecule has 0 saturated carbocycles. The van der Waals surface area contributed by atoms with E-state index in [9.17, 15) is 4.39 Å². The van der Waals surface area contributed by atoms with Crippen LogP contribution in [-0.2, 0) is 0 Å². The minimum absolute atomic E-state index is 0.257. The molecule has 0 unspecified atom stereocenters. The lowest BCUT2D eigenvalue weighted by atomic mass is 10.3. The van der Waals surface area contributed by atoms with Gasteiger partial charge in [0.1, 0.15) is 5.82 Å². The van der Waals surface area contributed by atoms with Crippen LogP contribution in [-0.4, -0.2) is 9.55 Å². The Morgan fingerprint density at radius 3 is 2.71 bits per heavy atom. The van der Waals surface area contributed by atoms with Gasteiger partial charge >= 0.3 is 0 Å². The number of para-hydroxylation sites is 2. The first-order chi connectivity index (χ1) is 8.25. The summed E-state index contributed by atoms with van der Waals surface area (Å²) in [6, 6.07) is 14.2. The van der Waals surface area contributed by atoms with E-state index in [0.29, 0.717) is 4.73 Å². The molecule has 0 saturated heterocycles. The number of benzene rings is 2. The Bertz CT molecular complexity index is 691. The SMILES string of the molecule is Fc1cccc(-n2c(Br)nc3ccccc32)c1. The third kappa shape index (κ3) is 1.74. The maximum Gasteiger partial charge on any atom is 0.182 e. The van der Waals surface area contributed by atoms with E-state index in [1.165, 1.54) is 12.1 Å². The number of nitrogens with zero attached hydrogens (tertiary/aromatic N) is 2. The van der Waals surface area contributed by atoms with Gasteiger partial charge in [-0.05, 0) is 46.3 Å². The first-order valence-electron chi connectivity index (χ1n) is 5.14. The topological polar surface area (TPSA) is 17.8 Å². The van der Waals surface area contributed by atoms with Gasteiger partial charge in [0, 0.05) is 0 Å². The number of hydrogen-bond donors (Lipinski definition) is 0. The van der Waals surface area contributed by atoms with Crippen molar-refractivity contribution in [1.82, 2.24) is 9.55 Å². The summed E-state index contributed by atoms with van der Waals surface area (Å²) in [6.07, 6.45) is 0.